The molecule has 0 bridgehead atoms. The molecule has 0 aromatic carbocycles. The zero-order valence-corrected chi connectivity index (χ0v) is 9.34. The summed E-state index contributed by atoms with van der Waals surface area (Å²) in [4.78, 5) is 11.6. The van der Waals surface area contributed by atoms with Crippen LogP contribution in [0.3, 0.4) is 0 Å². The number of hydrogen-bond acceptors (Lipinski definition) is 6. The van der Waals surface area contributed by atoms with Crippen LogP contribution in [-0.4, -0.2) is 24.7 Å². The van der Waals surface area contributed by atoms with Gasteiger partial charge in [-0.2, -0.15) is 4.98 Å². The smallest absolute Gasteiger partial charge is 0.342 e. The van der Waals surface area contributed by atoms with Crippen LogP contribution in [0.15, 0.2) is 17.1 Å². The number of aryl methyl sites for hydroxylation is 1. The number of anilines is 1. The lowest BCUT2D eigenvalue weighted by molar-refractivity contribution is 0.419. The van der Waals surface area contributed by atoms with E-state index in [1.54, 1.807) is 7.05 Å². The van der Waals surface area contributed by atoms with Crippen LogP contribution in [0, 0.1) is 0 Å². The molecule has 0 aliphatic heterocycles. The number of hydrogen-bond donors (Lipinski definition) is 1. The molecule has 0 saturated carbocycles. The van der Waals surface area contributed by atoms with Gasteiger partial charge in [-0.05, 0) is 15.9 Å². The summed E-state index contributed by atoms with van der Waals surface area (Å²) in [6.45, 7) is 0. The highest BCUT2D eigenvalue weighted by Gasteiger charge is 2.10. The molecule has 78 valence electrons. The monoisotopic (exact) mass is 270 g/mol. The lowest BCUT2D eigenvalue weighted by Gasteiger charge is -2.02. The molecule has 0 aliphatic carbocycles. The fourth-order valence-corrected chi connectivity index (χ4v) is 1.18. The minimum Gasteiger partial charge on any atom is -0.403 e. The summed E-state index contributed by atoms with van der Waals surface area (Å²) in [5.74, 6) is 0.588. The molecule has 2 aromatic rings. The first-order chi connectivity index (χ1) is 7.16. The quantitative estimate of drug-likeness (QED) is 0.866. The second-order valence-electron chi connectivity index (χ2n) is 2.68. The van der Waals surface area contributed by atoms with E-state index in [2.05, 4.69) is 36.0 Å². The number of nitrogen functional groups attached to an aromatic ring is 1. The van der Waals surface area contributed by atoms with Gasteiger partial charge in [-0.25, -0.2) is 9.97 Å². The topological polar surface area (TPSA) is 91.7 Å². The van der Waals surface area contributed by atoms with Gasteiger partial charge in [-0.3, -0.25) is 4.68 Å². The van der Waals surface area contributed by atoms with E-state index < -0.39 is 0 Å². The molecule has 0 saturated heterocycles. The predicted octanol–water partition coefficient (Wildman–Crippen LogP) is 0.742. The van der Waals surface area contributed by atoms with Gasteiger partial charge in [-0.1, -0.05) is 0 Å². The number of nitrogens with two attached hydrogens (primary N) is 1. The highest BCUT2D eigenvalue weighted by atomic mass is 79.9. The van der Waals surface area contributed by atoms with Crippen LogP contribution in [0.25, 0.3) is 0 Å². The van der Waals surface area contributed by atoms with Gasteiger partial charge in [0.15, 0.2) is 0 Å². The fourth-order valence-electron chi connectivity index (χ4n) is 0.890. The largest absolute Gasteiger partial charge is 0.403 e. The molecule has 0 fully saturated rings. The number of halogens is 1. The van der Waals surface area contributed by atoms with Gasteiger partial charge < -0.3 is 10.5 Å². The summed E-state index contributed by atoms with van der Waals surface area (Å²) in [6.07, 6.45) is 2.83. The summed E-state index contributed by atoms with van der Waals surface area (Å²) in [5, 5.41) is 3.94. The van der Waals surface area contributed by atoms with Gasteiger partial charge in [-0.15, -0.1) is 5.10 Å². The molecule has 0 amide bonds. The van der Waals surface area contributed by atoms with Crippen molar-refractivity contribution in [3.63, 3.8) is 0 Å². The van der Waals surface area contributed by atoms with Crippen molar-refractivity contribution in [2.45, 2.75) is 0 Å². The minimum absolute atomic E-state index is 0.205. The van der Waals surface area contributed by atoms with E-state index in [1.807, 2.05) is 0 Å². The average molecular weight is 271 g/mol. The van der Waals surface area contributed by atoms with Gasteiger partial charge in [0.2, 0.25) is 5.88 Å². The predicted molar refractivity (Wildman–Crippen MR) is 55.2 cm³/mol. The summed E-state index contributed by atoms with van der Waals surface area (Å²) in [5.41, 5.74) is 5.56. The first kappa shape index (κ1) is 9.84. The third-order valence-electron chi connectivity index (χ3n) is 1.55. The first-order valence-corrected chi connectivity index (χ1v) is 4.75. The van der Waals surface area contributed by atoms with E-state index in [0.717, 1.165) is 0 Å². The fraction of sp³-hybridized carbons (Fsp3) is 0.143. The Morgan fingerprint density at radius 1 is 1.40 bits per heavy atom. The molecule has 8 heteroatoms. The zero-order chi connectivity index (χ0) is 10.8. The Bertz CT molecular complexity index is 484. The van der Waals surface area contributed by atoms with Crippen molar-refractivity contribution in [1.29, 1.82) is 0 Å². The molecule has 2 rings (SSSR count). The van der Waals surface area contributed by atoms with Gasteiger partial charge in [0, 0.05) is 7.05 Å². The summed E-state index contributed by atoms with van der Waals surface area (Å²) >= 11 is 3.21. The normalized spacial score (nSPS) is 10.3. The molecule has 2 aromatic heterocycles. The van der Waals surface area contributed by atoms with Crippen LogP contribution in [-0.2, 0) is 7.05 Å². The maximum Gasteiger partial charge on any atom is 0.342 e. The van der Waals surface area contributed by atoms with Crippen LogP contribution in [0.4, 0.5) is 5.82 Å². The van der Waals surface area contributed by atoms with Gasteiger partial charge in [0.25, 0.3) is 0 Å². The van der Waals surface area contributed by atoms with E-state index in [4.69, 9.17) is 10.5 Å². The first-order valence-electron chi connectivity index (χ1n) is 3.96. The Kier molecular flexibility index (Phi) is 2.50. The molecular weight excluding hydrogens is 264 g/mol. The molecule has 0 atom stereocenters. The molecule has 2 N–H and O–H groups in total. The molecule has 0 aliphatic rings. The maximum atomic E-state index is 5.56. The van der Waals surface area contributed by atoms with Crippen LogP contribution in [0.1, 0.15) is 0 Å². The van der Waals surface area contributed by atoms with Crippen molar-refractivity contribution in [3.8, 4) is 11.9 Å². The molecule has 0 spiro atoms. The van der Waals surface area contributed by atoms with Crippen molar-refractivity contribution in [2.75, 3.05) is 5.73 Å². The van der Waals surface area contributed by atoms with Crippen LogP contribution in [0.5, 0.6) is 11.9 Å². The third kappa shape index (κ3) is 2.04. The molecular formula is C7H7BrN6O. The second kappa shape index (κ2) is 3.81. The molecule has 2 heterocycles. The van der Waals surface area contributed by atoms with E-state index in [-0.39, 0.29) is 11.9 Å². The van der Waals surface area contributed by atoms with Gasteiger partial charge in [0.05, 0.1) is 0 Å². The maximum absolute atomic E-state index is 5.56. The Labute approximate surface area is 93.4 Å². The summed E-state index contributed by atoms with van der Waals surface area (Å²) in [7, 11) is 1.74. The number of nitrogens with zero attached hydrogens (tertiary/aromatic N) is 5. The van der Waals surface area contributed by atoms with Crippen LogP contribution in [0.2, 0.25) is 0 Å². The Morgan fingerprint density at radius 2 is 2.20 bits per heavy atom. The molecule has 0 radical (unpaired) electrons. The molecule has 7 nitrogen and oxygen atoms in total. The van der Waals surface area contributed by atoms with Crippen LogP contribution < -0.4 is 10.5 Å². The van der Waals surface area contributed by atoms with Crippen molar-refractivity contribution < 1.29 is 4.74 Å². The standard InChI is InChI=1S/C7H7BrN6O/c1-14-3-12-7(13-14)15-6-4(8)5(9)10-2-11-6/h2-3H,1H3,(H2,9,10,11). The van der Waals surface area contributed by atoms with Crippen molar-refractivity contribution in [1.82, 2.24) is 24.7 Å². The number of rotatable bonds is 2. The lowest BCUT2D eigenvalue weighted by Crippen LogP contribution is -1.97. The SMILES string of the molecule is Cn1cnc(Oc2ncnc(N)c2Br)n1. The Balaban J connectivity index is 2.28. The van der Waals surface area contributed by atoms with Crippen molar-refractivity contribution in [2.24, 2.45) is 7.05 Å². The minimum atomic E-state index is 0.205. The van der Waals surface area contributed by atoms with E-state index in [0.29, 0.717) is 10.3 Å². The van der Waals surface area contributed by atoms with E-state index in [9.17, 15) is 0 Å². The van der Waals surface area contributed by atoms with Crippen LogP contribution >= 0.6 is 15.9 Å². The van der Waals surface area contributed by atoms with Crippen molar-refractivity contribution in [3.05, 3.63) is 17.1 Å². The average Bonchev–Trinajstić information content (AvgIpc) is 2.59. The third-order valence-corrected chi connectivity index (χ3v) is 2.30. The molecule has 0 unspecified atom stereocenters. The Hall–Kier alpha value is -1.70. The Morgan fingerprint density at radius 3 is 2.87 bits per heavy atom. The molecule has 15 heavy (non-hydrogen) atoms. The highest BCUT2D eigenvalue weighted by molar-refractivity contribution is 9.10. The summed E-state index contributed by atoms with van der Waals surface area (Å²) < 4.78 is 7.30. The van der Waals surface area contributed by atoms with Crippen molar-refractivity contribution >= 4 is 21.7 Å². The zero-order valence-electron chi connectivity index (χ0n) is 7.75. The number of aromatic nitrogens is 5. The number of ether oxygens (including phenoxy) is 1. The highest BCUT2D eigenvalue weighted by Crippen LogP contribution is 2.28. The lowest BCUT2D eigenvalue weighted by atomic mass is 10.6. The van der Waals surface area contributed by atoms with Gasteiger partial charge >= 0.3 is 6.01 Å². The van der Waals surface area contributed by atoms with E-state index >= 15 is 0 Å². The van der Waals surface area contributed by atoms with E-state index in [1.165, 1.54) is 17.3 Å². The summed E-state index contributed by atoms with van der Waals surface area (Å²) in [6, 6.07) is 0.205. The van der Waals surface area contributed by atoms with Gasteiger partial charge in [0.1, 0.15) is 22.9 Å². The second-order valence-corrected chi connectivity index (χ2v) is 3.47.